The molecule has 18 heavy (non-hydrogen) atoms. The summed E-state index contributed by atoms with van der Waals surface area (Å²) in [6.07, 6.45) is 4.39. The Hall–Kier alpha value is -1.40. The molecule has 1 rings (SSSR count). The number of nitrogen functional groups attached to an aromatic ring is 1. The minimum atomic E-state index is 0.694. The Bertz CT molecular complexity index is 345. The van der Waals surface area contributed by atoms with Crippen LogP contribution < -0.4 is 16.6 Å². The smallest absolute Gasteiger partial charge is 0.148 e. The zero-order valence-corrected chi connectivity index (χ0v) is 11.2. The molecule has 0 aliphatic rings. The Balaban J connectivity index is 2.57. The highest BCUT2D eigenvalue weighted by Crippen LogP contribution is 2.20. The molecule has 6 heteroatoms. The van der Waals surface area contributed by atoms with Crippen LogP contribution in [0.15, 0.2) is 6.33 Å². The molecule has 0 aromatic carbocycles. The zero-order chi connectivity index (χ0) is 13.2. The monoisotopic (exact) mass is 253 g/mol. The number of nitrogens with one attached hydrogen (secondary N) is 2. The molecule has 0 bridgehead atoms. The van der Waals surface area contributed by atoms with Crippen molar-refractivity contribution >= 4 is 11.6 Å². The summed E-state index contributed by atoms with van der Waals surface area (Å²) in [6.45, 7) is 6.47. The molecule has 1 aromatic rings. The van der Waals surface area contributed by atoms with Gasteiger partial charge >= 0.3 is 0 Å². The Kier molecular flexibility index (Phi) is 7.05. The molecular formula is C12H23N5O. The number of hydrogen-bond acceptors (Lipinski definition) is 6. The van der Waals surface area contributed by atoms with E-state index >= 15 is 0 Å². The minimum absolute atomic E-state index is 0.694. The van der Waals surface area contributed by atoms with E-state index in [1.165, 1.54) is 6.33 Å². The molecular weight excluding hydrogens is 230 g/mol. The highest BCUT2D eigenvalue weighted by atomic mass is 16.5. The van der Waals surface area contributed by atoms with Gasteiger partial charge in [-0.3, -0.25) is 0 Å². The van der Waals surface area contributed by atoms with Gasteiger partial charge in [0, 0.05) is 25.3 Å². The second kappa shape index (κ2) is 8.66. The van der Waals surface area contributed by atoms with E-state index in [1.807, 2.05) is 6.92 Å². The van der Waals surface area contributed by atoms with Gasteiger partial charge in [0.1, 0.15) is 18.0 Å². The van der Waals surface area contributed by atoms with Gasteiger partial charge in [0.05, 0.1) is 0 Å². The van der Waals surface area contributed by atoms with Gasteiger partial charge in [-0.05, 0) is 19.8 Å². The van der Waals surface area contributed by atoms with Gasteiger partial charge in [0.2, 0.25) is 0 Å². The van der Waals surface area contributed by atoms with Crippen molar-refractivity contribution in [1.82, 2.24) is 9.97 Å². The summed E-state index contributed by atoms with van der Waals surface area (Å²) in [5, 5.41) is 3.31. The van der Waals surface area contributed by atoms with Gasteiger partial charge in [-0.2, -0.15) is 0 Å². The average molecular weight is 253 g/mol. The van der Waals surface area contributed by atoms with Crippen LogP contribution in [0, 0.1) is 0 Å². The molecule has 0 atom stereocenters. The van der Waals surface area contributed by atoms with Crippen LogP contribution in [0.2, 0.25) is 0 Å². The van der Waals surface area contributed by atoms with Crippen molar-refractivity contribution in [2.24, 2.45) is 5.84 Å². The predicted molar refractivity (Wildman–Crippen MR) is 73.4 cm³/mol. The quantitative estimate of drug-likeness (QED) is 0.352. The van der Waals surface area contributed by atoms with E-state index in [1.54, 1.807) is 0 Å². The zero-order valence-electron chi connectivity index (χ0n) is 11.2. The number of ether oxygens (including phenoxy) is 1. The predicted octanol–water partition coefficient (Wildman–Crippen LogP) is 1.55. The fourth-order valence-corrected chi connectivity index (χ4v) is 1.70. The van der Waals surface area contributed by atoms with Crippen molar-refractivity contribution < 1.29 is 4.74 Å². The molecule has 0 aliphatic heterocycles. The fourth-order valence-electron chi connectivity index (χ4n) is 1.70. The molecule has 0 aliphatic carbocycles. The summed E-state index contributed by atoms with van der Waals surface area (Å²) in [5.41, 5.74) is 3.66. The number of nitrogens with two attached hydrogens (primary N) is 1. The fraction of sp³-hybridized carbons (Fsp3) is 0.667. The largest absolute Gasteiger partial charge is 0.382 e. The maximum atomic E-state index is 5.46. The van der Waals surface area contributed by atoms with E-state index in [0.29, 0.717) is 5.82 Å². The first kappa shape index (κ1) is 14.7. The van der Waals surface area contributed by atoms with Crippen LogP contribution in [0.4, 0.5) is 11.6 Å². The third-order valence-corrected chi connectivity index (χ3v) is 2.54. The van der Waals surface area contributed by atoms with Gasteiger partial charge in [-0.1, -0.05) is 13.3 Å². The lowest BCUT2D eigenvalue weighted by Crippen LogP contribution is -2.15. The molecule has 4 N–H and O–H groups in total. The van der Waals surface area contributed by atoms with Gasteiger partial charge in [0.15, 0.2) is 0 Å². The number of hydrogen-bond donors (Lipinski definition) is 3. The number of nitrogens with zero attached hydrogens (tertiary/aromatic N) is 2. The van der Waals surface area contributed by atoms with E-state index in [-0.39, 0.29) is 0 Å². The van der Waals surface area contributed by atoms with E-state index < -0.39 is 0 Å². The van der Waals surface area contributed by atoms with Crippen molar-refractivity contribution in [3.8, 4) is 0 Å². The lowest BCUT2D eigenvalue weighted by molar-refractivity contribution is 0.147. The first-order chi connectivity index (χ1) is 8.83. The van der Waals surface area contributed by atoms with Crippen molar-refractivity contribution in [2.45, 2.75) is 33.1 Å². The SMILES string of the molecule is CCCc1c(NN)ncnc1NCCCOCC. The Morgan fingerprint density at radius 2 is 2.06 bits per heavy atom. The number of anilines is 2. The van der Waals surface area contributed by atoms with Crippen LogP contribution in [-0.4, -0.2) is 29.7 Å². The lowest BCUT2D eigenvalue weighted by Gasteiger charge is -2.13. The van der Waals surface area contributed by atoms with Crippen LogP contribution in [0.1, 0.15) is 32.3 Å². The summed E-state index contributed by atoms with van der Waals surface area (Å²) in [5.74, 6) is 7.01. The van der Waals surface area contributed by atoms with Crippen molar-refractivity contribution in [2.75, 3.05) is 30.5 Å². The van der Waals surface area contributed by atoms with Crippen LogP contribution in [0.25, 0.3) is 0 Å². The number of aromatic nitrogens is 2. The first-order valence-electron chi connectivity index (χ1n) is 6.45. The summed E-state index contributed by atoms with van der Waals surface area (Å²) in [6, 6.07) is 0. The molecule has 0 fully saturated rings. The molecule has 0 saturated carbocycles. The van der Waals surface area contributed by atoms with Gasteiger partial charge in [-0.25, -0.2) is 15.8 Å². The van der Waals surface area contributed by atoms with Crippen molar-refractivity contribution in [3.05, 3.63) is 11.9 Å². The molecule has 0 spiro atoms. The molecule has 102 valence electrons. The Morgan fingerprint density at radius 1 is 1.28 bits per heavy atom. The summed E-state index contributed by atoms with van der Waals surface area (Å²) in [7, 11) is 0. The highest BCUT2D eigenvalue weighted by Gasteiger charge is 2.09. The second-order valence-electron chi connectivity index (χ2n) is 3.92. The van der Waals surface area contributed by atoms with Gasteiger partial charge in [-0.15, -0.1) is 0 Å². The first-order valence-corrected chi connectivity index (χ1v) is 6.45. The summed E-state index contributed by atoms with van der Waals surface area (Å²) >= 11 is 0. The highest BCUT2D eigenvalue weighted by molar-refractivity contribution is 5.56. The maximum absolute atomic E-state index is 5.46. The van der Waals surface area contributed by atoms with Gasteiger partial charge < -0.3 is 15.5 Å². The summed E-state index contributed by atoms with van der Waals surface area (Å²) < 4.78 is 5.29. The van der Waals surface area contributed by atoms with Crippen LogP contribution in [0.3, 0.4) is 0 Å². The summed E-state index contributed by atoms with van der Waals surface area (Å²) in [4.78, 5) is 8.39. The third kappa shape index (κ3) is 4.46. The lowest BCUT2D eigenvalue weighted by atomic mass is 10.1. The number of rotatable bonds is 9. The Morgan fingerprint density at radius 3 is 2.72 bits per heavy atom. The van der Waals surface area contributed by atoms with E-state index in [9.17, 15) is 0 Å². The van der Waals surface area contributed by atoms with Crippen LogP contribution >= 0.6 is 0 Å². The van der Waals surface area contributed by atoms with Gasteiger partial charge in [0.25, 0.3) is 0 Å². The van der Waals surface area contributed by atoms with Crippen molar-refractivity contribution in [3.63, 3.8) is 0 Å². The minimum Gasteiger partial charge on any atom is -0.382 e. The third-order valence-electron chi connectivity index (χ3n) is 2.54. The van der Waals surface area contributed by atoms with Crippen LogP contribution in [-0.2, 0) is 11.2 Å². The Labute approximate surface area is 108 Å². The van der Waals surface area contributed by atoms with E-state index in [4.69, 9.17) is 10.6 Å². The molecule has 0 radical (unpaired) electrons. The molecule has 1 heterocycles. The number of hydrazine groups is 1. The molecule has 0 saturated heterocycles. The standard InChI is InChI=1S/C12H23N5O/c1-3-6-10-11(14-7-5-8-18-4-2)15-9-16-12(10)17-13/h9H,3-8,13H2,1-2H3,(H2,14,15,16,17). The topological polar surface area (TPSA) is 85.1 Å². The van der Waals surface area contributed by atoms with Crippen molar-refractivity contribution in [1.29, 1.82) is 0 Å². The average Bonchev–Trinajstić information content (AvgIpc) is 2.40. The van der Waals surface area contributed by atoms with E-state index in [2.05, 4.69) is 27.6 Å². The molecule has 6 nitrogen and oxygen atoms in total. The maximum Gasteiger partial charge on any atom is 0.148 e. The molecule has 0 amide bonds. The normalized spacial score (nSPS) is 10.4. The van der Waals surface area contributed by atoms with Crippen LogP contribution in [0.5, 0.6) is 0 Å². The molecule has 1 aromatic heterocycles. The molecule has 0 unspecified atom stereocenters. The second-order valence-corrected chi connectivity index (χ2v) is 3.92. The van der Waals surface area contributed by atoms with E-state index in [0.717, 1.165) is 50.4 Å².